The SMILES string of the molecule is CCC(=O)C1C[C@H]1F. The molecule has 1 aliphatic rings. The minimum atomic E-state index is -0.803. The number of hydrogen-bond donors (Lipinski definition) is 0. The molecule has 1 nitrogen and oxygen atoms in total. The first-order chi connectivity index (χ1) is 3.75. The van der Waals surface area contributed by atoms with E-state index in [0.29, 0.717) is 12.8 Å². The Labute approximate surface area is 47.9 Å². The molecule has 0 N–H and O–H groups in total. The maximum absolute atomic E-state index is 12.0. The van der Waals surface area contributed by atoms with Gasteiger partial charge in [0.25, 0.3) is 0 Å². The minimum absolute atomic E-state index is 0.0810. The summed E-state index contributed by atoms with van der Waals surface area (Å²) in [5.41, 5.74) is 0. The van der Waals surface area contributed by atoms with Gasteiger partial charge in [-0.2, -0.15) is 0 Å². The molecule has 2 atom stereocenters. The van der Waals surface area contributed by atoms with Gasteiger partial charge in [-0.05, 0) is 6.42 Å². The first-order valence-electron chi connectivity index (χ1n) is 2.92. The van der Waals surface area contributed by atoms with Crippen LogP contribution in [0, 0.1) is 5.92 Å². The lowest BCUT2D eigenvalue weighted by Gasteiger charge is -1.85. The van der Waals surface area contributed by atoms with Crippen LogP contribution >= 0.6 is 0 Å². The Morgan fingerprint density at radius 2 is 2.38 bits per heavy atom. The number of halogens is 1. The molecule has 0 saturated heterocycles. The van der Waals surface area contributed by atoms with Crippen LogP contribution in [0.5, 0.6) is 0 Å². The summed E-state index contributed by atoms with van der Waals surface area (Å²) < 4.78 is 12.0. The van der Waals surface area contributed by atoms with Crippen LogP contribution in [0.4, 0.5) is 4.39 Å². The van der Waals surface area contributed by atoms with Crippen LogP contribution in [0.15, 0.2) is 0 Å². The lowest BCUT2D eigenvalue weighted by molar-refractivity contribution is -0.120. The molecule has 0 bridgehead atoms. The zero-order valence-electron chi connectivity index (χ0n) is 4.86. The van der Waals surface area contributed by atoms with E-state index < -0.39 is 6.17 Å². The molecule has 1 unspecified atom stereocenters. The van der Waals surface area contributed by atoms with Gasteiger partial charge in [0.05, 0.1) is 5.92 Å². The number of carbonyl (C=O) groups excluding carboxylic acids is 1. The lowest BCUT2D eigenvalue weighted by Crippen LogP contribution is -1.98. The second kappa shape index (κ2) is 1.84. The normalized spacial score (nSPS) is 34.8. The fourth-order valence-electron chi connectivity index (χ4n) is 0.759. The highest BCUT2D eigenvalue weighted by Crippen LogP contribution is 2.35. The molecule has 0 spiro atoms. The molecule has 8 heavy (non-hydrogen) atoms. The number of rotatable bonds is 2. The van der Waals surface area contributed by atoms with Gasteiger partial charge in [-0.1, -0.05) is 6.92 Å². The van der Waals surface area contributed by atoms with Crippen molar-refractivity contribution in [3.8, 4) is 0 Å². The molecule has 1 rings (SSSR count). The molecule has 0 aromatic carbocycles. The molecular weight excluding hydrogens is 107 g/mol. The molecule has 1 aliphatic carbocycles. The van der Waals surface area contributed by atoms with Crippen molar-refractivity contribution in [2.75, 3.05) is 0 Å². The van der Waals surface area contributed by atoms with Gasteiger partial charge in [-0.25, -0.2) is 4.39 Å². The fourth-order valence-corrected chi connectivity index (χ4v) is 0.759. The van der Waals surface area contributed by atoms with E-state index in [9.17, 15) is 9.18 Å². The average Bonchev–Trinajstić information content (AvgIpc) is 2.45. The highest BCUT2D eigenvalue weighted by Gasteiger charge is 2.42. The predicted octanol–water partition coefficient (Wildman–Crippen LogP) is 1.32. The van der Waals surface area contributed by atoms with Gasteiger partial charge in [-0.15, -0.1) is 0 Å². The Hall–Kier alpha value is -0.400. The van der Waals surface area contributed by atoms with Gasteiger partial charge >= 0.3 is 0 Å². The summed E-state index contributed by atoms with van der Waals surface area (Å²) in [6, 6.07) is 0. The highest BCUT2D eigenvalue weighted by molar-refractivity contribution is 5.83. The van der Waals surface area contributed by atoms with E-state index in [-0.39, 0.29) is 11.7 Å². The van der Waals surface area contributed by atoms with Crippen molar-refractivity contribution in [3.63, 3.8) is 0 Å². The van der Waals surface area contributed by atoms with Crippen LogP contribution in [-0.4, -0.2) is 12.0 Å². The molecule has 46 valence electrons. The standard InChI is InChI=1S/C6H9FO/c1-2-6(8)4-3-5(4)7/h4-5H,2-3H2,1H3/t4?,5-/m1/s1. The van der Waals surface area contributed by atoms with Crippen LogP contribution in [0.2, 0.25) is 0 Å². The smallest absolute Gasteiger partial charge is 0.138 e. The van der Waals surface area contributed by atoms with Crippen LogP contribution in [0.3, 0.4) is 0 Å². The van der Waals surface area contributed by atoms with E-state index in [1.165, 1.54) is 0 Å². The summed E-state index contributed by atoms with van der Waals surface area (Å²) in [6.45, 7) is 1.77. The van der Waals surface area contributed by atoms with E-state index in [1.807, 2.05) is 0 Å². The molecule has 1 fully saturated rings. The number of alkyl halides is 1. The third-order valence-electron chi connectivity index (χ3n) is 1.47. The molecular formula is C6H9FO. The summed E-state index contributed by atoms with van der Waals surface area (Å²) in [5.74, 6) is -0.141. The highest BCUT2D eigenvalue weighted by atomic mass is 19.1. The van der Waals surface area contributed by atoms with Gasteiger partial charge < -0.3 is 0 Å². The van der Waals surface area contributed by atoms with E-state index >= 15 is 0 Å². The zero-order chi connectivity index (χ0) is 6.15. The van der Waals surface area contributed by atoms with E-state index in [2.05, 4.69) is 0 Å². The molecule has 0 aromatic rings. The van der Waals surface area contributed by atoms with Crippen molar-refractivity contribution < 1.29 is 9.18 Å². The van der Waals surface area contributed by atoms with Crippen LogP contribution < -0.4 is 0 Å². The topological polar surface area (TPSA) is 17.1 Å². The molecule has 0 heterocycles. The summed E-state index contributed by atoms with van der Waals surface area (Å²) in [5, 5.41) is 0. The monoisotopic (exact) mass is 116 g/mol. The Bertz CT molecular complexity index is 111. The summed E-state index contributed by atoms with van der Waals surface area (Å²) >= 11 is 0. The van der Waals surface area contributed by atoms with Gasteiger partial charge in [0.2, 0.25) is 0 Å². The summed E-state index contributed by atoms with van der Waals surface area (Å²) in [7, 11) is 0. The van der Waals surface area contributed by atoms with Crippen molar-refractivity contribution in [3.05, 3.63) is 0 Å². The van der Waals surface area contributed by atoms with Gasteiger partial charge in [0, 0.05) is 6.42 Å². The van der Waals surface area contributed by atoms with Gasteiger partial charge in [-0.3, -0.25) is 4.79 Å². The zero-order valence-corrected chi connectivity index (χ0v) is 4.86. The van der Waals surface area contributed by atoms with Gasteiger partial charge in [0.15, 0.2) is 0 Å². The Kier molecular flexibility index (Phi) is 1.32. The Morgan fingerprint density at radius 1 is 1.88 bits per heavy atom. The number of hydrogen-bond acceptors (Lipinski definition) is 1. The lowest BCUT2D eigenvalue weighted by atomic mass is 10.2. The van der Waals surface area contributed by atoms with Crippen molar-refractivity contribution >= 4 is 5.78 Å². The number of Topliss-reactive ketones (excluding diaryl/α,β-unsaturated/α-hetero) is 1. The van der Waals surface area contributed by atoms with Crippen molar-refractivity contribution in [1.82, 2.24) is 0 Å². The molecule has 0 aliphatic heterocycles. The third-order valence-corrected chi connectivity index (χ3v) is 1.47. The Balaban J connectivity index is 2.28. The molecule has 2 heteroatoms. The summed E-state index contributed by atoms with van der Waals surface area (Å²) in [6.07, 6.45) is 0.167. The average molecular weight is 116 g/mol. The van der Waals surface area contributed by atoms with Gasteiger partial charge in [0.1, 0.15) is 12.0 Å². The third kappa shape index (κ3) is 0.881. The fraction of sp³-hybridized carbons (Fsp3) is 0.833. The van der Waals surface area contributed by atoms with Crippen LogP contribution in [0.1, 0.15) is 19.8 Å². The van der Waals surface area contributed by atoms with E-state index in [4.69, 9.17) is 0 Å². The second-order valence-corrected chi connectivity index (χ2v) is 2.18. The van der Waals surface area contributed by atoms with E-state index in [1.54, 1.807) is 6.92 Å². The van der Waals surface area contributed by atoms with E-state index in [0.717, 1.165) is 0 Å². The molecule has 1 saturated carbocycles. The largest absolute Gasteiger partial charge is 0.299 e. The number of ketones is 1. The first kappa shape index (κ1) is 5.73. The molecule has 0 radical (unpaired) electrons. The van der Waals surface area contributed by atoms with Crippen molar-refractivity contribution in [2.45, 2.75) is 25.9 Å². The first-order valence-corrected chi connectivity index (χ1v) is 2.92. The Morgan fingerprint density at radius 3 is 2.50 bits per heavy atom. The molecule has 0 amide bonds. The summed E-state index contributed by atoms with van der Waals surface area (Å²) in [4.78, 5) is 10.5. The van der Waals surface area contributed by atoms with Crippen LogP contribution in [-0.2, 0) is 4.79 Å². The second-order valence-electron chi connectivity index (χ2n) is 2.18. The van der Waals surface area contributed by atoms with Crippen LogP contribution in [0.25, 0.3) is 0 Å². The maximum Gasteiger partial charge on any atom is 0.138 e. The minimum Gasteiger partial charge on any atom is -0.299 e. The predicted molar refractivity (Wildman–Crippen MR) is 28.3 cm³/mol. The number of carbonyl (C=O) groups is 1. The molecule has 0 aromatic heterocycles. The van der Waals surface area contributed by atoms with Crippen molar-refractivity contribution in [2.24, 2.45) is 5.92 Å². The maximum atomic E-state index is 12.0. The van der Waals surface area contributed by atoms with Crippen molar-refractivity contribution in [1.29, 1.82) is 0 Å². The quantitative estimate of drug-likeness (QED) is 0.531.